The monoisotopic (exact) mass is 260 g/mol. The first-order valence-electron chi connectivity index (χ1n) is 6.23. The summed E-state index contributed by atoms with van der Waals surface area (Å²) in [6, 6.07) is 10.3. The highest BCUT2D eigenvalue weighted by molar-refractivity contribution is 5.39. The summed E-state index contributed by atoms with van der Waals surface area (Å²) < 4.78 is 13.5. The van der Waals surface area contributed by atoms with Gasteiger partial charge in [0.15, 0.2) is 11.6 Å². The molecule has 0 radical (unpaired) electrons. The van der Waals surface area contributed by atoms with Crippen molar-refractivity contribution in [2.45, 2.75) is 25.8 Å². The fourth-order valence-corrected chi connectivity index (χ4v) is 1.82. The van der Waals surface area contributed by atoms with Crippen LogP contribution in [0.25, 0.3) is 0 Å². The van der Waals surface area contributed by atoms with Crippen molar-refractivity contribution in [2.75, 3.05) is 11.1 Å². The maximum atomic E-state index is 13.5. The maximum Gasteiger partial charge on any atom is 0.222 e. The lowest BCUT2D eigenvalue weighted by atomic mass is 10.1. The van der Waals surface area contributed by atoms with Crippen LogP contribution in [0.2, 0.25) is 0 Å². The molecule has 1 unspecified atom stereocenters. The summed E-state index contributed by atoms with van der Waals surface area (Å²) in [5.74, 6) is -0.256. The van der Waals surface area contributed by atoms with Crippen molar-refractivity contribution in [1.82, 2.24) is 9.97 Å². The highest BCUT2D eigenvalue weighted by atomic mass is 19.1. The molecule has 0 saturated carbocycles. The Balaban J connectivity index is 1.90. The van der Waals surface area contributed by atoms with Crippen LogP contribution in [0.1, 0.15) is 18.9 Å². The van der Waals surface area contributed by atoms with E-state index >= 15 is 0 Å². The molecule has 1 aromatic heterocycles. The maximum absolute atomic E-state index is 13.5. The third kappa shape index (κ3) is 3.91. The van der Waals surface area contributed by atoms with Crippen molar-refractivity contribution in [2.24, 2.45) is 0 Å². The van der Waals surface area contributed by atoms with Gasteiger partial charge in [-0.1, -0.05) is 30.3 Å². The van der Waals surface area contributed by atoms with E-state index in [9.17, 15) is 4.39 Å². The minimum Gasteiger partial charge on any atom is -0.368 e. The molecule has 0 aliphatic carbocycles. The normalized spacial score (nSPS) is 12.1. The van der Waals surface area contributed by atoms with E-state index < -0.39 is 5.82 Å². The van der Waals surface area contributed by atoms with Crippen LogP contribution >= 0.6 is 0 Å². The predicted octanol–water partition coefficient (Wildman–Crippen LogP) is 2.63. The summed E-state index contributed by atoms with van der Waals surface area (Å²) in [4.78, 5) is 7.44. The van der Waals surface area contributed by atoms with E-state index in [1.54, 1.807) is 0 Å². The predicted molar refractivity (Wildman–Crippen MR) is 74.3 cm³/mol. The molecule has 1 aromatic carbocycles. The summed E-state index contributed by atoms with van der Waals surface area (Å²) in [7, 11) is 0. The minimum atomic E-state index is -0.485. The number of nitrogen functional groups attached to an aromatic ring is 1. The largest absolute Gasteiger partial charge is 0.368 e. The average molecular weight is 260 g/mol. The second-order valence-electron chi connectivity index (χ2n) is 4.49. The van der Waals surface area contributed by atoms with Gasteiger partial charge in [-0.3, -0.25) is 0 Å². The number of anilines is 2. The van der Waals surface area contributed by atoms with E-state index in [1.807, 2.05) is 25.1 Å². The Kier molecular flexibility index (Phi) is 4.28. The minimum absolute atomic E-state index is 0.0687. The quantitative estimate of drug-likeness (QED) is 0.867. The average Bonchev–Trinajstić information content (AvgIpc) is 2.42. The van der Waals surface area contributed by atoms with Gasteiger partial charge in [0, 0.05) is 6.04 Å². The van der Waals surface area contributed by atoms with Gasteiger partial charge in [-0.2, -0.15) is 4.98 Å². The SMILES string of the molecule is CC(CCc1ccccc1)Nc1nc(N)ncc1F. The third-order valence-electron chi connectivity index (χ3n) is 2.85. The van der Waals surface area contributed by atoms with Gasteiger partial charge in [-0.25, -0.2) is 9.37 Å². The number of aromatic nitrogens is 2. The second kappa shape index (κ2) is 6.13. The van der Waals surface area contributed by atoms with Gasteiger partial charge in [-0.15, -0.1) is 0 Å². The van der Waals surface area contributed by atoms with Gasteiger partial charge >= 0.3 is 0 Å². The molecule has 0 amide bonds. The van der Waals surface area contributed by atoms with E-state index in [2.05, 4.69) is 27.4 Å². The lowest BCUT2D eigenvalue weighted by Crippen LogP contribution is -2.18. The molecule has 100 valence electrons. The van der Waals surface area contributed by atoms with Crippen LogP contribution in [0.3, 0.4) is 0 Å². The summed E-state index contributed by atoms with van der Waals surface area (Å²) >= 11 is 0. The molecule has 19 heavy (non-hydrogen) atoms. The molecule has 5 heteroatoms. The van der Waals surface area contributed by atoms with Gasteiger partial charge < -0.3 is 11.1 Å². The van der Waals surface area contributed by atoms with Gasteiger partial charge in [0.05, 0.1) is 6.20 Å². The number of halogens is 1. The van der Waals surface area contributed by atoms with Gasteiger partial charge in [0.25, 0.3) is 0 Å². The third-order valence-corrected chi connectivity index (χ3v) is 2.85. The molecule has 1 atom stereocenters. The van der Waals surface area contributed by atoms with E-state index in [-0.39, 0.29) is 17.8 Å². The van der Waals surface area contributed by atoms with Crippen molar-refractivity contribution < 1.29 is 4.39 Å². The van der Waals surface area contributed by atoms with Gasteiger partial charge in [-0.05, 0) is 25.3 Å². The van der Waals surface area contributed by atoms with Crippen LogP contribution in [0.15, 0.2) is 36.5 Å². The molecular formula is C14H17FN4. The Bertz CT molecular complexity index is 530. The zero-order chi connectivity index (χ0) is 13.7. The molecular weight excluding hydrogens is 243 g/mol. The Hall–Kier alpha value is -2.17. The molecule has 4 nitrogen and oxygen atoms in total. The van der Waals surface area contributed by atoms with Gasteiger partial charge in [0.2, 0.25) is 5.95 Å². The van der Waals surface area contributed by atoms with Crippen LogP contribution in [0, 0.1) is 5.82 Å². The lowest BCUT2D eigenvalue weighted by molar-refractivity contribution is 0.609. The zero-order valence-corrected chi connectivity index (χ0v) is 10.8. The van der Waals surface area contributed by atoms with Crippen molar-refractivity contribution in [3.05, 3.63) is 47.9 Å². The van der Waals surface area contributed by atoms with E-state index in [4.69, 9.17) is 5.73 Å². The fraction of sp³-hybridized carbons (Fsp3) is 0.286. The molecule has 0 aliphatic heterocycles. The summed E-state index contributed by atoms with van der Waals surface area (Å²) in [6.07, 6.45) is 2.89. The Morgan fingerprint density at radius 3 is 2.79 bits per heavy atom. The van der Waals surface area contributed by atoms with Crippen molar-refractivity contribution in [3.8, 4) is 0 Å². The van der Waals surface area contributed by atoms with E-state index in [1.165, 1.54) is 5.56 Å². The second-order valence-corrected chi connectivity index (χ2v) is 4.49. The number of aryl methyl sites for hydroxylation is 1. The number of hydrogen-bond donors (Lipinski definition) is 2. The molecule has 0 spiro atoms. The van der Waals surface area contributed by atoms with Gasteiger partial charge in [0.1, 0.15) is 0 Å². The molecule has 3 N–H and O–H groups in total. The number of nitrogens with zero attached hydrogens (tertiary/aromatic N) is 2. The number of nitrogens with one attached hydrogen (secondary N) is 1. The first-order valence-corrected chi connectivity index (χ1v) is 6.23. The first kappa shape index (κ1) is 13.3. The van der Waals surface area contributed by atoms with E-state index in [0.717, 1.165) is 19.0 Å². The topological polar surface area (TPSA) is 63.8 Å². The molecule has 0 bridgehead atoms. The van der Waals surface area contributed by atoms with Crippen LogP contribution < -0.4 is 11.1 Å². The summed E-state index contributed by atoms with van der Waals surface area (Å²) in [5.41, 5.74) is 6.70. The zero-order valence-electron chi connectivity index (χ0n) is 10.8. The van der Waals surface area contributed by atoms with Crippen LogP contribution in [0.4, 0.5) is 16.2 Å². The summed E-state index contributed by atoms with van der Waals surface area (Å²) in [5, 5.41) is 3.02. The standard InChI is InChI=1S/C14H17FN4/c1-10(7-8-11-5-3-2-4-6-11)18-13-12(15)9-17-14(16)19-13/h2-6,9-10H,7-8H2,1H3,(H3,16,17,18,19). The summed E-state index contributed by atoms with van der Waals surface area (Å²) in [6.45, 7) is 1.99. The molecule has 2 aromatic rings. The lowest BCUT2D eigenvalue weighted by Gasteiger charge is -2.15. The Morgan fingerprint density at radius 1 is 1.32 bits per heavy atom. The van der Waals surface area contributed by atoms with Crippen molar-refractivity contribution >= 4 is 11.8 Å². The molecule has 1 heterocycles. The van der Waals surface area contributed by atoms with E-state index in [0.29, 0.717) is 0 Å². The van der Waals surface area contributed by atoms with Crippen molar-refractivity contribution in [1.29, 1.82) is 0 Å². The van der Waals surface area contributed by atoms with Crippen molar-refractivity contribution in [3.63, 3.8) is 0 Å². The molecule has 0 aliphatic rings. The number of rotatable bonds is 5. The van der Waals surface area contributed by atoms with Crippen LogP contribution in [0.5, 0.6) is 0 Å². The molecule has 0 fully saturated rings. The Labute approximate surface area is 111 Å². The fourth-order valence-electron chi connectivity index (χ4n) is 1.82. The highest BCUT2D eigenvalue weighted by Gasteiger charge is 2.09. The Morgan fingerprint density at radius 2 is 2.05 bits per heavy atom. The number of benzene rings is 1. The first-order chi connectivity index (χ1) is 9.15. The highest BCUT2D eigenvalue weighted by Crippen LogP contribution is 2.13. The number of nitrogens with two attached hydrogens (primary N) is 1. The molecule has 0 saturated heterocycles. The molecule has 2 rings (SSSR count). The smallest absolute Gasteiger partial charge is 0.222 e. The van der Waals surface area contributed by atoms with Crippen LogP contribution in [-0.2, 0) is 6.42 Å². The van der Waals surface area contributed by atoms with Crippen LogP contribution in [-0.4, -0.2) is 16.0 Å². The number of hydrogen-bond acceptors (Lipinski definition) is 4.